The second-order valence-corrected chi connectivity index (χ2v) is 6.54. The van der Waals surface area contributed by atoms with E-state index in [2.05, 4.69) is 20.5 Å². The van der Waals surface area contributed by atoms with Crippen molar-refractivity contribution in [3.63, 3.8) is 0 Å². The molecule has 0 bridgehead atoms. The molecule has 0 spiro atoms. The van der Waals surface area contributed by atoms with Crippen LogP contribution in [0.4, 0.5) is 5.13 Å². The number of rotatable bonds is 6. The minimum absolute atomic E-state index is 0.0714. The second-order valence-electron chi connectivity index (χ2n) is 5.25. The van der Waals surface area contributed by atoms with Crippen LogP contribution < -0.4 is 5.32 Å². The predicted octanol–water partition coefficient (Wildman–Crippen LogP) is 3.54. The van der Waals surface area contributed by atoms with E-state index in [0.29, 0.717) is 33.7 Å². The van der Waals surface area contributed by atoms with Crippen molar-refractivity contribution in [2.75, 3.05) is 11.9 Å². The Labute approximate surface area is 158 Å². The molecule has 0 fully saturated rings. The van der Waals surface area contributed by atoms with E-state index in [9.17, 15) is 9.59 Å². The highest BCUT2D eigenvalue weighted by molar-refractivity contribution is 7.14. The van der Waals surface area contributed by atoms with Gasteiger partial charge < -0.3 is 4.74 Å². The normalized spacial score (nSPS) is 10.5. The number of ether oxygens (including phenoxy) is 1. The largest absolute Gasteiger partial charge is 0.466 e. The van der Waals surface area contributed by atoms with Gasteiger partial charge in [0.1, 0.15) is 0 Å². The van der Waals surface area contributed by atoms with E-state index in [1.54, 1.807) is 36.6 Å². The maximum absolute atomic E-state index is 12.5. The lowest BCUT2D eigenvalue weighted by atomic mass is 10.1. The first-order chi connectivity index (χ1) is 12.6. The van der Waals surface area contributed by atoms with E-state index in [1.807, 2.05) is 0 Å². The Morgan fingerprint density at radius 3 is 2.81 bits per heavy atom. The third-order valence-electron chi connectivity index (χ3n) is 3.42. The molecular weight excluding hydrogens is 376 g/mol. The van der Waals surface area contributed by atoms with Gasteiger partial charge in [-0.25, -0.2) is 4.98 Å². The number of halogens is 1. The van der Waals surface area contributed by atoms with Crippen molar-refractivity contribution in [3.05, 3.63) is 52.1 Å². The number of hydrogen-bond donors (Lipinski definition) is 2. The summed E-state index contributed by atoms with van der Waals surface area (Å²) in [5.41, 5.74) is 2.31. The summed E-state index contributed by atoms with van der Waals surface area (Å²) in [6.07, 6.45) is 1.52. The summed E-state index contributed by atoms with van der Waals surface area (Å²) in [7, 11) is 0. The van der Waals surface area contributed by atoms with Gasteiger partial charge in [-0.05, 0) is 19.1 Å². The number of carbonyl (C=O) groups is 2. The van der Waals surface area contributed by atoms with E-state index in [4.69, 9.17) is 16.3 Å². The fourth-order valence-corrected chi connectivity index (χ4v) is 3.10. The van der Waals surface area contributed by atoms with Gasteiger partial charge in [0.2, 0.25) is 0 Å². The van der Waals surface area contributed by atoms with Crippen molar-refractivity contribution < 1.29 is 14.3 Å². The molecule has 2 aromatic heterocycles. The molecule has 134 valence electrons. The van der Waals surface area contributed by atoms with Gasteiger partial charge >= 0.3 is 5.97 Å². The Bertz CT molecular complexity index is 920. The van der Waals surface area contributed by atoms with E-state index in [1.165, 1.54) is 17.5 Å². The van der Waals surface area contributed by atoms with Crippen molar-refractivity contribution in [2.45, 2.75) is 13.3 Å². The Kier molecular flexibility index (Phi) is 5.65. The highest BCUT2D eigenvalue weighted by Crippen LogP contribution is 2.24. The summed E-state index contributed by atoms with van der Waals surface area (Å²) >= 11 is 7.14. The average molecular weight is 391 g/mol. The number of carbonyl (C=O) groups excluding carboxylic acids is 2. The summed E-state index contributed by atoms with van der Waals surface area (Å²) in [6.45, 7) is 2.06. The van der Waals surface area contributed by atoms with Crippen LogP contribution in [0.25, 0.3) is 11.3 Å². The van der Waals surface area contributed by atoms with E-state index in [0.717, 1.165) is 5.56 Å². The maximum Gasteiger partial charge on any atom is 0.311 e. The quantitative estimate of drug-likeness (QED) is 0.627. The standard InChI is InChI=1S/C17H15ClN4O3S/c1-2-25-14(23)7-12-9-26-17(20-12)21-16(24)13-8-19-22-15(13)10-3-5-11(18)6-4-10/h3-6,8-9H,2,7H2,1H3,(H,19,22)(H,20,21,24). The summed E-state index contributed by atoms with van der Waals surface area (Å²) in [6, 6.07) is 7.07. The van der Waals surface area contributed by atoms with Crippen LogP contribution in [0, 0.1) is 0 Å². The molecule has 3 aromatic rings. The number of anilines is 1. The van der Waals surface area contributed by atoms with Crippen LogP contribution in [0.1, 0.15) is 23.0 Å². The van der Waals surface area contributed by atoms with Gasteiger partial charge in [-0.15, -0.1) is 11.3 Å². The number of benzene rings is 1. The van der Waals surface area contributed by atoms with Gasteiger partial charge in [-0.2, -0.15) is 5.10 Å². The fraction of sp³-hybridized carbons (Fsp3) is 0.176. The van der Waals surface area contributed by atoms with Gasteiger partial charge in [-0.1, -0.05) is 23.7 Å². The van der Waals surface area contributed by atoms with Gasteiger partial charge in [0.15, 0.2) is 5.13 Å². The number of hydrogen-bond acceptors (Lipinski definition) is 6. The van der Waals surface area contributed by atoms with Crippen molar-refractivity contribution in [1.29, 1.82) is 0 Å². The van der Waals surface area contributed by atoms with Gasteiger partial charge in [0.05, 0.1) is 36.2 Å². The van der Waals surface area contributed by atoms with Crippen LogP contribution in [-0.2, 0) is 16.0 Å². The molecule has 2 N–H and O–H groups in total. The molecule has 7 nitrogen and oxygen atoms in total. The SMILES string of the molecule is CCOC(=O)Cc1csc(NC(=O)c2cn[nH]c2-c2ccc(Cl)cc2)n1. The van der Waals surface area contributed by atoms with Crippen molar-refractivity contribution in [2.24, 2.45) is 0 Å². The first-order valence-electron chi connectivity index (χ1n) is 7.77. The summed E-state index contributed by atoms with van der Waals surface area (Å²) in [4.78, 5) is 28.3. The van der Waals surface area contributed by atoms with Gasteiger partial charge in [-0.3, -0.25) is 20.0 Å². The number of nitrogens with zero attached hydrogens (tertiary/aromatic N) is 2. The third-order valence-corrected chi connectivity index (χ3v) is 4.48. The molecule has 0 aliphatic heterocycles. The zero-order valence-electron chi connectivity index (χ0n) is 13.8. The summed E-state index contributed by atoms with van der Waals surface area (Å²) < 4.78 is 4.88. The maximum atomic E-state index is 12.5. The van der Waals surface area contributed by atoms with Crippen LogP contribution in [0.3, 0.4) is 0 Å². The zero-order valence-corrected chi connectivity index (χ0v) is 15.4. The molecule has 1 amide bonds. The van der Waals surface area contributed by atoms with Crippen molar-refractivity contribution >= 4 is 39.9 Å². The van der Waals surface area contributed by atoms with Crippen molar-refractivity contribution in [3.8, 4) is 11.3 Å². The first kappa shape index (κ1) is 18.1. The van der Waals surface area contributed by atoms with Crippen LogP contribution in [-0.4, -0.2) is 33.7 Å². The fourth-order valence-electron chi connectivity index (χ4n) is 2.26. The molecule has 0 saturated heterocycles. The van der Waals surface area contributed by atoms with E-state index < -0.39 is 0 Å². The number of aromatic amines is 1. The monoisotopic (exact) mass is 390 g/mol. The Morgan fingerprint density at radius 2 is 2.08 bits per heavy atom. The average Bonchev–Trinajstić information content (AvgIpc) is 3.25. The zero-order chi connectivity index (χ0) is 18.5. The van der Waals surface area contributed by atoms with Crippen LogP contribution in [0.5, 0.6) is 0 Å². The third kappa shape index (κ3) is 4.27. The minimum atomic E-state index is -0.351. The van der Waals surface area contributed by atoms with Gasteiger partial charge in [0.25, 0.3) is 5.91 Å². The van der Waals surface area contributed by atoms with E-state index >= 15 is 0 Å². The molecule has 0 saturated carbocycles. The van der Waals surface area contributed by atoms with Gasteiger partial charge in [0, 0.05) is 16.0 Å². The predicted molar refractivity (Wildman–Crippen MR) is 99.4 cm³/mol. The Balaban J connectivity index is 1.72. The lowest BCUT2D eigenvalue weighted by Gasteiger charge is -2.04. The topological polar surface area (TPSA) is 97.0 Å². The van der Waals surface area contributed by atoms with Crippen LogP contribution in [0.15, 0.2) is 35.8 Å². The molecule has 0 aliphatic rings. The molecule has 2 heterocycles. The van der Waals surface area contributed by atoms with Crippen LogP contribution >= 0.6 is 22.9 Å². The molecule has 1 aromatic carbocycles. The second kappa shape index (κ2) is 8.11. The number of esters is 1. The van der Waals surface area contributed by atoms with Crippen LogP contribution in [0.2, 0.25) is 5.02 Å². The number of nitrogens with one attached hydrogen (secondary N) is 2. The molecule has 0 aliphatic carbocycles. The lowest BCUT2D eigenvalue weighted by molar-refractivity contribution is -0.142. The number of amides is 1. The molecular formula is C17H15ClN4O3S. The molecule has 0 unspecified atom stereocenters. The Hall–Kier alpha value is -2.71. The number of thiazole rings is 1. The lowest BCUT2D eigenvalue weighted by Crippen LogP contribution is -2.12. The summed E-state index contributed by atoms with van der Waals surface area (Å²) in [5.74, 6) is -0.698. The smallest absolute Gasteiger partial charge is 0.311 e. The molecule has 9 heteroatoms. The number of aromatic nitrogens is 3. The molecule has 0 atom stereocenters. The van der Waals surface area contributed by atoms with Crippen molar-refractivity contribution in [1.82, 2.24) is 15.2 Å². The molecule has 3 rings (SSSR count). The van der Waals surface area contributed by atoms with E-state index in [-0.39, 0.29) is 18.3 Å². The minimum Gasteiger partial charge on any atom is -0.466 e. The highest BCUT2D eigenvalue weighted by atomic mass is 35.5. The summed E-state index contributed by atoms with van der Waals surface area (Å²) in [5, 5.41) is 12.2. The highest BCUT2D eigenvalue weighted by Gasteiger charge is 2.17. The Morgan fingerprint density at radius 1 is 1.31 bits per heavy atom. The number of H-pyrrole nitrogens is 1. The molecule has 0 radical (unpaired) electrons. The first-order valence-corrected chi connectivity index (χ1v) is 9.03. The molecule has 26 heavy (non-hydrogen) atoms.